The number of hydrazine groups is 1. The molecule has 2 aliphatic heterocycles. The average molecular weight is 303 g/mol. The van der Waals surface area contributed by atoms with Gasteiger partial charge in [-0.05, 0) is 24.2 Å². The first-order valence-electron chi connectivity index (χ1n) is 7.63. The fourth-order valence-corrected chi connectivity index (χ4v) is 3.16. The molecule has 22 heavy (non-hydrogen) atoms. The van der Waals surface area contributed by atoms with E-state index >= 15 is 0 Å². The molecule has 0 bridgehead atoms. The first-order valence-corrected chi connectivity index (χ1v) is 7.63. The molecule has 1 aromatic rings. The smallest absolute Gasteiger partial charge is 0.240 e. The summed E-state index contributed by atoms with van der Waals surface area (Å²) in [7, 11) is 0. The van der Waals surface area contributed by atoms with Crippen LogP contribution in [-0.2, 0) is 16.1 Å². The molecule has 2 aliphatic rings. The summed E-state index contributed by atoms with van der Waals surface area (Å²) in [5.74, 6) is -0.436. The zero-order chi connectivity index (χ0) is 15.5. The Kier molecular flexibility index (Phi) is 4.35. The molecule has 3 atom stereocenters. The molecule has 118 valence electrons. The molecule has 3 unspecified atom stereocenters. The second-order valence-electron chi connectivity index (χ2n) is 5.80. The van der Waals surface area contributed by atoms with E-state index in [1.54, 1.807) is 12.4 Å². The maximum Gasteiger partial charge on any atom is 0.240 e. The average Bonchev–Trinajstić information content (AvgIpc) is 2.94. The van der Waals surface area contributed by atoms with Gasteiger partial charge in [0.25, 0.3) is 0 Å². The molecular formula is C15H21N5O2. The van der Waals surface area contributed by atoms with Crippen LogP contribution < -0.4 is 16.2 Å². The Balaban J connectivity index is 1.66. The second-order valence-corrected chi connectivity index (χ2v) is 5.80. The first-order chi connectivity index (χ1) is 10.7. The Hall–Kier alpha value is -1.99. The summed E-state index contributed by atoms with van der Waals surface area (Å²) in [6, 6.07) is 3.62. The zero-order valence-corrected chi connectivity index (χ0v) is 12.6. The van der Waals surface area contributed by atoms with Gasteiger partial charge in [-0.1, -0.05) is 6.92 Å². The minimum atomic E-state index is -0.237. The largest absolute Gasteiger partial charge is 0.352 e. The molecule has 3 N–H and O–H groups in total. The quantitative estimate of drug-likeness (QED) is 0.683. The summed E-state index contributed by atoms with van der Waals surface area (Å²) in [6.07, 6.45) is 3.41. The molecule has 0 spiro atoms. The van der Waals surface area contributed by atoms with Gasteiger partial charge in [-0.2, -0.15) is 0 Å². The number of piperidine rings is 1. The van der Waals surface area contributed by atoms with Crippen LogP contribution in [0.15, 0.2) is 24.5 Å². The highest BCUT2D eigenvalue weighted by molar-refractivity contribution is 5.85. The Bertz CT molecular complexity index is 550. The number of hydrogen-bond donors (Lipinski definition) is 3. The van der Waals surface area contributed by atoms with Crippen LogP contribution in [-0.4, -0.2) is 47.4 Å². The van der Waals surface area contributed by atoms with Crippen molar-refractivity contribution in [3.63, 3.8) is 0 Å². The summed E-state index contributed by atoms with van der Waals surface area (Å²) < 4.78 is 0. The topological polar surface area (TPSA) is 86.4 Å². The SMILES string of the molecule is CCN1CC(C(=O)NCc2ccncc2)C2NNC(=O)C2C1. The lowest BCUT2D eigenvalue weighted by atomic mass is 9.84. The lowest BCUT2D eigenvalue weighted by Gasteiger charge is -2.37. The van der Waals surface area contributed by atoms with Gasteiger partial charge >= 0.3 is 0 Å². The normalized spacial score (nSPS) is 28.0. The van der Waals surface area contributed by atoms with E-state index in [-0.39, 0.29) is 29.7 Å². The van der Waals surface area contributed by atoms with Crippen LogP contribution in [0.4, 0.5) is 0 Å². The first kappa shape index (κ1) is 14.9. The Morgan fingerprint density at radius 2 is 2.18 bits per heavy atom. The maximum absolute atomic E-state index is 12.5. The maximum atomic E-state index is 12.5. The molecule has 7 heteroatoms. The third-order valence-electron chi connectivity index (χ3n) is 4.48. The molecule has 0 radical (unpaired) electrons. The molecule has 2 saturated heterocycles. The number of nitrogens with zero attached hydrogens (tertiary/aromatic N) is 2. The number of hydrogen-bond acceptors (Lipinski definition) is 5. The van der Waals surface area contributed by atoms with E-state index in [4.69, 9.17) is 0 Å². The lowest BCUT2D eigenvalue weighted by Crippen LogP contribution is -2.56. The third kappa shape index (κ3) is 2.95. The van der Waals surface area contributed by atoms with Crippen LogP contribution in [0.3, 0.4) is 0 Å². The Morgan fingerprint density at radius 3 is 2.91 bits per heavy atom. The molecule has 7 nitrogen and oxygen atoms in total. The summed E-state index contributed by atoms with van der Waals surface area (Å²) >= 11 is 0. The molecule has 2 fully saturated rings. The van der Waals surface area contributed by atoms with Gasteiger partial charge in [0.2, 0.25) is 11.8 Å². The number of rotatable bonds is 4. The van der Waals surface area contributed by atoms with Crippen molar-refractivity contribution in [3.8, 4) is 0 Å². The second kappa shape index (κ2) is 6.41. The van der Waals surface area contributed by atoms with E-state index in [2.05, 4.69) is 26.1 Å². The highest BCUT2D eigenvalue weighted by atomic mass is 16.2. The van der Waals surface area contributed by atoms with Crippen LogP contribution in [0.1, 0.15) is 12.5 Å². The zero-order valence-electron chi connectivity index (χ0n) is 12.6. The van der Waals surface area contributed by atoms with Crippen LogP contribution in [0.2, 0.25) is 0 Å². The predicted octanol–water partition coefficient (Wildman–Crippen LogP) is -0.731. The van der Waals surface area contributed by atoms with E-state index in [0.29, 0.717) is 19.6 Å². The van der Waals surface area contributed by atoms with Gasteiger partial charge in [0.15, 0.2) is 0 Å². The van der Waals surface area contributed by atoms with Crippen molar-refractivity contribution in [2.45, 2.75) is 19.5 Å². The van der Waals surface area contributed by atoms with Crippen LogP contribution >= 0.6 is 0 Å². The molecular weight excluding hydrogens is 282 g/mol. The Morgan fingerprint density at radius 1 is 1.41 bits per heavy atom. The highest BCUT2D eigenvalue weighted by Crippen LogP contribution is 2.25. The monoisotopic (exact) mass is 303 g/mol. The number of pyridine rings is 1. The fourth-order valence-electron chi connectivity index (χ4n) is 3.16. The molecule has 3 rings (SSSR count). The van der Waals surface area contributed by atoms with E-state index in [0.717, 1.165) is 12.1 Å². The van der Waals surface area contributed by atoms with Crippen LogP contribution in [0.5, 0.6) is 0 Å². The number of aromatic nitrogens is 1. The minimum Gasteiger partial charge on any atom is -0.352 e. The van der Waals surface area contributed by atoms with Crippen molar-refractivity contribution in [1.29, 1.82) is 0 Å². The van der Waals surface area contributed by atoms with Crippen molar-refractivity contribution >= 4 is 11.8 Å². The minimum absolute atomic E-state index is 0.0184. The standard InChI is InChI=1S/C15H21N5O2/c1-2-20-8-11(13-12(9-20)15(22)19-18-13)14(21)17-7-10-3-5-16-6-4-10/h3-6,11-13,18H,2,7-9H2,1H3,(H,17,21)(H,19,22). The Labute approximate surface area is 129 Å². The van der Waals surface area contributed by atoms with Gasteiger partial charge < -0.3 is 10.2 Å². The molecule has 2 amide bonds. The van der Waals surface area contributed by atoms with E-state index in [1.165, 1.54) is 0 Å². The summed E-state index contributed by atoms with van der Waals surface area (Å²) in [6.45, 7) is 4.73. The lowest BCUT2D eigenvalue weighted by molar-refractivity contribution is -0.130. The van der Waals surface area contributed by atoms with E-state index < -0.39 is 0 Å². The number of fused-ring (bicyclic) bond motifs is 1. The van der Waals surface area contributed by atoms with Crippen LogP contribution in [0.25, 0.3) is 0 Å². The number of amides is 2. The third-order valence-corrected chi connectivity index (χ3v) is 4.48. The number of likely N-dealkylation sites (tertiary alicyclic amines) is 1. The number of carbonyl (C=O) groups is 2. The summed E-state index contributed by atoms with van der Waals surface area (Å²) in [4.78, 5) is 30.5. The predicted molar refractivity (Wildman–Crippen MR) is 80.2 cm³/mol. The molecule has 1 aromatic heterocycles. The van der Waals surface area contributed by atoms with Gasteiger partial charge in [-0.25, -0.2) is 5.43 Å². The van der Waals surface area contributed by atoms with Gasteiger partial charge in [-0.15, -0.1) is 0 Å². The molecule has 0 saturated carbocycles. The molecule has 0 aliphatic carbocycles. The van der Waals surface area contributed by atoms with Crippen molar-refractivity contribution in [3.05, 3.63) is 30.1 Å². The van der Waals surface area contributed by atoms with Crippen molar-refractivity contribution in [1.82, 2.24) is 26.1 Å². The van der Waals surface area contributed by atoms with E-state index in [9.17, 15) is 9.59 Å². The summed E-state index contributed by atoms with van der Waals surface area (Å²) in [5.41, 5.74) is 6.66. The van der Waals surface area contributed by atoms with Crippen molar-refractivity contribution in [2.24, 2.45) is 11.8 Å². The van der Waals surface area contributed by atoms with Gasteiger partial charge in [0, 0.05) is 32.0 Å². The summed E-state index contributed by atoms with van der Waals surface area (Å²) in [5, 5.41) is 2.97. The number of nitrogens with one attached hydrogen (secondary N) is 3. The van der Waals surface area contributed by atoms with Gasteiger partial charge in [-0.3, -0.25) is 20.0 Å². The number of carbonyl (C=O) groups excluding carboxylic acids is 2. The fraction of sp³-hybridized carbons (Fsp3) is 0.533. The molecule has 3 heterocycles. The van der Waals surface area contributed by atoms with Crippen LogP contribution in [0, 0.1) is 11.8 Å². The van der Waals surface area contributed by atoms with Gasteiger partial charge in [0.05, 0.1) is 17.9 Å². The van der Waals surface area contributed by atoms with Crippen molar-refractivity contribution in [2.75, 3.05) is 19.6 Å². The van der Waals surface area contributed by atoms with Crippen molar-refractivity contribution < 1.29 is 9.59 Å². The van der Waals surface area contributed by atoms with E-state index in [1.807, 2.05) is 19.1 Å². The molecule has 0 aromatic carbocycles. The van der Waals surface area contributed by atoms with Gasteiger partial charge in [0.1, 0.15) is 0 Å². The highest BCUT2D eigenvalue weighted by Gasteiger charge is 2.46.